The Hall–Kier alpha value is -1.16. The first-order valence-electron chi connectivity index (χ1n) is 8.98. The Bertz CT molecular complexity index is 486. The fourth-order valence-electron chi connectivity index (χ4n) is 3.78. The van der Waals surface area contributed by atoms with Crippen LogP contribution in [-0.2, 0) is 0 Å². The number of likely N-dealkylation sites (tertiary alicyclic amines) is 1. The van der Waals surface area contributed by atoms with Crippen molar-refractivity contribution in [1.29, 1.82) is 0 Å². The molecular formula is C18H30N4. The van der Waals surface area contributed by atoms with Crippen molar-refractivity contribution in [3.05, 3.63) is 17.6 Å². The second-order valence-electron chi connectivity index (χ2n) is 7.17. The summed E-state index contributed by atoms with van der Waals surface area (Å²) in [4.78, 5) is 14.4. The maximum absolute atomic E-state index is 4.68. The topological polar surface area (TPSA) is 32.3 Å². The minimum Gasteiger partial charge on any atom is -0.356 e. The Labute approximate surface area is 134 Å². The lowest BCUT2D eigenvalue weighted by atomic mass is 10.00. The zero-order valence-electron chi connectivity index (χ0n) is 14.4. The van der Waals surface area contributed by atoms with Gasteiger partial charge in [0, 0.05) is 30.9 Å². The Morgan fingerprint density at radius 2 is 1.68 bits per heavy atom. The second-order valence-corrected chi connectivity index (χ2v) is 7.17. The summed E-state index contributed by atoms with van der Waals surface area (Å²) in [7, 11) is 0. The van der Waals surface area contributed by atoms with Crippen LogP contribution in [-0.4, -0.2) is 47.1 Å². The summed E-state index contributed by atoms with van der Waals surface area (Å²) in [6.07, 6.45) is 6.76. The van der Waals surface area contributed by atoms with Crippen LogP contribution in [0.4, 0.5) is 5.82 Å². The lowest BCUT2D eigenvalue weighted by molar-refractivity contribution is 0.141. The quantitative estimate of drug-likeness (QED) is 0.857. The van der Waals surface area contributed by atoms with Gasteiger partial charge in [-0.2, -0.15) is 0 Å². The monoisotopic (exact) mass is 302 g/mol. The zero-order valence-corrected chi connectivity index (χ0v) is 14.4. The van der Waals surface area contributed by atoms with Crippen molar-refractivity contribution >= 4 is 5.82 Å². The molecule has 122 valence electrons. The first kappa shape index (κ1) is 15.7. The molecule has 2 saturated heterocycles. The van der Waals surface area contributed by atoms with Gasteiger partial charge >= 0.3 is 0 Å². The number of anilines is 1. The predicted molar refractivity (Wildman–Crippen MR) is 91.5 cm³/mol. The normalized spacial score (nSPS) is 21.5. The third kappa shape index (κ3) is 3.60. The number of hydrogen-bond donors (Lipinski definition) is 0. The van der Waals surface area contributed by atoms with Gasteiger partial charge in [-0.3, -0.25) is 0 Å². The molecule has 22 heavy (non-hydrogen) atoms. The van der Waals surface area contributed by atoms with E-state index in [0.29, 0.717) is 5.92 Å². The number of piperidine rings is 2. The maximum Gasteiger partial charge on any atom is 0.132 e. The van der Waals surface area contributed by atoms with Gasteiger partial charge in [-0.05, 0) is 51.6 Å². The Morgan fingerprint density at radius 3 is 2.32 bits per heavy atom. The molecule has 0 saturated carbocycles. The molecule has 2 aliphatic rings. The highest BCUT2D eigenvalue weighted by Gasteiger charge is 2.26. The molecule has 0 bridgehead atoms. The third-order valence-corrected chi connectivity index (χ3v) is 5.13. The third-order valence-electron chi connectivity index (χ3n) is 5.13. The highest BCUT2D eigenvalue weighted by atomic mass is 15.2. The van der Waals surface area contributed by atoms with Gasteiger partial charge < -0.3 is 9.80 Å². The molecular weight excluding hydrogens is 272 g/mol. The summed E-state index contributed by atoms with van der Waals surface area (Å²) < 4.78 is 0. The predicted octanol–water partition coefficient (Wildman–Crippen LogP) is 3.36. The van der Waals surface area contributed by atoms with Gasteiger partial charge in [-0.1, -0.05) is 20.3 Å². The Balaban J connectivity index is 1.63. The molecule has 3 rings (SSSR count). The molecule has 0 amide bonds. The molecule has 0 radical (unpaired) electrons. The smallest absolute Gasteiger partial charge is 0.132 e. The van der Waals surface area contributed by atoms with Crippen LogP contribution < -0.4 is 4.90 Å². The highest BCUT2D eigenvalue weighted by Crippen LogP contribution is 2.25. The molecule has 1 aromatic rings. The fraction of sp³-hybridized carbons (Fsp3) is 0.778. The van der Waals surface area contributed by atoms with Crippen LogP contribution in [0.5, 0.6) is 0 Å². The summed E-state index contributed by atoms with van der Waals surface area (Å²) in [6, 6.07) is 2.99. The van der Waals surface area contributed by atoms with Crippen LogP contribution in [0.2, 0.25) is 0 Å². The van der Waals surface area contributed by atoms with Crippen LogP contribution in [0.1, 0.15) is 63.4 Å². The van der Waals surface area contributed by atoms with Gasteiger partial charge in [0.05, 0.1) is 0 Å². The molecule has 3 heterocycles. The number of nitrogens with zero attached hydrogens (tertiary/aromatic N) is 4. The second kappa shape index (κ2) is 6.95. The zero-order chi connectivity index (χ0) is 15.5. The number of aryl methyl sites for hydroxylation is 1. The van der Waals surface area contributed by atoms with Gasteiger partial charge in [0.1, 0.15) is 11.6 Å². The van der Waals surface area contributed by atoms with Crippen molar-refractivity contribution in [2.24, 2.45) is 0 Å². The summed E-state index contributed by atoms with van der Waals surface area (Å²) in [5.74, 6) is 2.50. The maximum atomic E-state index is 4.68. The molecule has 4 nitrogen and oxygen atoms in total. The standard InChI is InChI=1S/C18H30N4/c1-14(2)17-13-18(20-15(3)19-17)22-11-7-16(8-12-22)21-9-5-4-6-10-21/h13-14,16H,4-12H2,1-3H3. The molecule has 0 N–H and O–H groups in total. The molecule has 4 heteroatoms. The van der Waals surface area contributed by atoms with E-state index < -0.39 is 0 Å². The number of hydrogen-bond acceptors (Lipinski definition) is 4. The van der Waals surface area contributed by atoms with E-state index in [1.165, 1.54) is 50.9 Å². The van der Waals surface area contributed by atoms with E-state index >= 15 is 0 Å². The van der Waals surface area contributed by atoms with E-state index in [0.717, 1.165) is 30.8 Å². The SMILES string of the molecule is Cc1nc(C(C)C)cc(N2CCC(N3CCCCC3)CC2)n1. The minimum atomic E-state index is 0.464. The van der Waals surface area contributed by atoms with E-state index in [1.807, 2.05) is 6.92 Å². The van der Waals surface area contributed by atoms with Gasteiger partial charge in [-0.25, -0.2) is 9.97 Å². The van der Waals surface area contributed by atoms with Crippen LogP contribution in [0, 0.1) is 6.92 Å². The fourth-order valence-corrected chi connectivity index (χ4v) is 3.78. The Morgan fingerprint density at radius 1 is 1.00 bits per heavy atom. The van der Waals surface area contributed by atoms with Gasteiger partial charge in [-0.15, -0.1) is 0 Å². The lowest BCUT2D eigenvalue weighted by Crippen LogP contribution is -2.47. The average molecular weight is 302 g/mol. The molecule has 0 atom stereocenters. The number of rotatable bonds is 3. The van der Waals surface area contributed by atoms with Crippen LogP contribution in [0.3, 0.4) is 0 Å². The first-order valence-corrected chi connectivity index (χ1v) is 8.98. The Kier molecular flexibility index (Phi) is 4.97. The van der Waals surface area contributed by atoms with Gasteiger partial charge in [0.15, 0.2) is 0 Å². The molecule has 0 aliphatic carbocycles. The van der Waals surface area contributed by atoms with Crippen molar-refractivity contribution in [2.45, 2.75) is 64.8 Å². The molecule has 1 aromatic heterocycles. The summed E-state index contributed by atoms with van der Waals surface area (Å²) >= 11 is 0. The van der Waals surface area contributed by atoms with E-state index in [-0.39, 0.29) is 0 Å². The largest absolute Gasteiger partial charge is 0.356 e. The van der Waals surface area contributed by atoms with Gasteiger partial charge in [0.25, 0.3) is 0 Å². The molecule has 0 spiro atoms. The summed E-state index contributed by atoms with van der Waals surface area (Å²) in [6.45, 7) is 11.3. The van der Waals surface area contributed by atoms with Crippen molar-refractivity contribution in [3.8, 4) is 0 Å². The average Bonchev–Trinajstić information content (AvgIpc) is 2.55. The van der Waals surface area contributed by atoms with E-state index in [2.05, 4.69) is 39.7 Å². The van der Waals surface area contributed by atoms with Crippen LogP contribution in [0.25, 0.3) is 0 Å². The van der Waals surface area contributed by atoms with E-state index in [1.54, 1.807) is 0 Å². The van der Waals surface area contributed by atoms with E-state index in [9.17, 15) is 0 Å². The minimum absolute atomic E-state index is 0.464. The van der Waals surface area contributed by atoms with Crippen molar-refractivity contribution in [1.82, 2.24) is 14.9 Å². The van der Waals surface area contributed by atoms with Crippen LogP contribution in [0.15, 0.2) is 6.07 Å². The highest BCUT2D eigenvalue weighted by molar-refractivity contribution is 5.41. The molecule has 2 aliphatic heterocycles. The molecule has 0 aromatic carbocycles. The molecule has 2 fully saturated rings. The number of aromatic nitrogens is 2. The van der Waals surface area contributed by atoms with Crippen molar-refractivity contribution in [2.75, 3.05) is 31.1 Å². The summed E-state index contributed by atoms with van der Waals surface area (Å²) in [5, 5.41) is 0. The summed E-state index contributed by atoms with van der Waals surface area (Å²) in [5.41, 5.74) is 1.17. The van der Waals surface area contributed by atoms with Crippen molar-refractivity contribution < 1.29 is 0 Å². The van der Waals surface area contributed by atoms with Crippen molar-refractivity contribution in [3.63, 3.8) is 0 Å². The van der Waals surface area contributed by atoms with Gasteiger partial charge in [0.2, 0.25) is 0 Å². The molecule has 0 unspecified atom stereocenters. The van der Waals surface area contributed by atoms with Crippen LogP contribution >= 0.6 is 0 Å². The van der Waals surface area contributed by atoms with E-state index in [4.69, 9.17) is 0 Å². The first-order chi connectivity index (χ1) is 10.6. The lowest BCUT2D eigenvalue weighted by Gasteiger charge is -2.40.